The Morgan fingerprint density at radius 1 is 1.30 bits per heavy atom. The fourth-order valence-electron chi connectivity index (χ4n) is 1.78. The Morgan fingerprint density at radius 3 is 2.50 bits per heavy atom. The maximum absolute atomic E-state index is 12.1. The SMILES string of the molecule is COCCNCC(O)CS(=O)c1ccc(C(C)C)cc1. The minimum absolute atomic E-state index is 0.251. The van der Waals surface area contributed by atoms with Gasteiger partial charge in [0.15, 0.2) is 0 Å². The number of hydrogen-bond donors (Lipinski definition) is 2. The predicted octanol–water partition coefficient (Wildman–Crippen LogP) is 1.51. The number of rotatable bonds is 9. The van der Waals surface area contributed by atoms with Crippen LogP contribution in [-0.2, 0) is 15.5 Å². The van der Waals surface area contributed by atoms with Crippen LogP contribution in [0, 0.1) is 0 Å². The molecule has 2 unspecified atom stereocenters. The van der Waals surface area contributed by atoms with E-state index in [-0.39, 0.29) is 5.75 Å². The van der Waals surface area contributed by atoms with Crippen molar-refractivity contribution in [2.45, 2.75) is 30.8 Å². The minimum Gasteiger partial charge on any atom is -0.391 e. The van der Waals surface area contributed by atoms with Gasteiger partial charge in [-0.2, -0.15) is 0 Å². The number of hydrogen-bond acceptors (Lipinski definition) is 4. The predicted molar refractivity (Wildman–Crippen MR) is 82.6 cm³/mol. The third-order valence-corrected chi connectivity index (χ3v) is 4.50. The maximum atomic E-state index is 12.1. The highest BCUT2D eigenvalue weighted by Crippen LogP contribution is 2.16. The Bertz CT molecular complexity index is 406. The second kappa shape index (κ2) is 9.23. The Hall–Kier alpha value is -0.750. The van der Waals surface area contributed by atoms with Crippen LogP contribution in [-0.4, -0.2) is 48.0 Å². The van der Waals surface area contributed by atoms with Gasteiger partial charge in [-0.05, 0) is 23.6 Å². The topological polar surface area (TPSA) is 58.6 Å². The van der Waals surface area contributed by atoms with Gasteiger partial charge in [-0.3, -0.25) is 4.21 Å². The second-order valence-corrected chi connectivity index (χ2v) is 6.58. The standard InChI is InChI=1S/C15H25NO3S/c1-12(2)13-4-6-15(7-5-13)20(18)11-14(17)10-16-8-9-19-3/h4-7,12,14,16-17H,8-11H2,1-3H3. The smallest absolute Gasteiger partial charge is 0.0783 e. The molecule has 20 heavy (non-hydrogen) atoms. The molecule has 0 saturated carbocycles. The van der Waals surface area contributed by atoms with Crippen LogP contribution >= 0.6 is 0 Å². The zero-order chi connectivity index (χ0) is 15.0. The summed E-state index contributed by atoms with van der Waals surface area (Å²) in [7, 11) is 0.469. The highest BCUT2D eigenvalue weighted by Gasteiger charge is 2.11. The molecule has 0 aliphatic carbocycles. The zero-order valence-electron chi connectivity index (χ0n) is 12.5. The van der Waals surface area contributed by atoms with Crippen LogP contribution in [0.3, 0.4) is 0 Å². The van der Waals surface area contributed by atoms with E-state index >= 15 is 0 Å². The monoisotopic (exact) mass is 299 g/mol. The number of aliphatic hydroxyl groups excluding tert-OH is 1. The minimum atomic E-state index is -1.16. The van der Waals surface area contributed by atoms with Gasteiger partial charge in [-0.25, -0.2) is 0 Å². The van der Waals surface area contributed by atoms with Gasteiger partial charge in [0.05, 0.1) is 29.3 Å². The van der Waals surface area contributed by atoms with E-state index in [1.807, 2.05) is 24.3 Å². The molecule has 0 heterocycles. The highest BCUT2D eigenvalue weighted by atomic mass is 32.2. The molecule has 5 heteroatoms. The van der Waals surface area contributed by atoms with Crippen LogP contribution in [0.2, 0.25) is 0 Å². The summed E-state index contributed by atoms with van der Waals surface area (Å²) in [5.74, 6) is 0.717. The van der Waals surface area contributed by atoms with Crippen LogP contribution in [0.5, 0.6) is 0 Å². The lowest BCUT2D eigenvalue weighted by Gasteiger charge is -2.12. The molecule has 0 aromatic heterocycles. The molecule has 1 rings (SSSR count). The van der Waals surface area contributed by atoms with Crippen molar-refractivity contribution >= 4 is 10.8 Å². The average Bonchev–Trinajstić information content (AvgIpc) is 2.43. The first kappa shape index (κ1) is 17.3. The molecule has 0 amide bonds. The quantitative estimate of drug-likeness (QED) is 0.679. The average molecular weight is 299 g/mol. The summed E-state index contributed by atoms with van der Waals surface area (Å²) in [4.78, 5) is 0.769. The lowest BCUT2D eigenvalue weighted by molar-refractivity contribution is 0.174. The lowest BCUT2D eigenvalue weighted by Crippen LogP contribution is -2.32. The van der Waals surface area contributed by atoms with Crippen LogP contribution in [0.4, 0.5) is 0 Å². The van der Waals surface area contributed by atoms with Gasteiger partial charge < -0.3 is 15.2 Å². The van der Waals surface area contributed by atoms with E-state index in [0.717, 1.165) is 4.90 Å². The molecule has 114 valence electrons. The molecular formula is C15H25NO3S. The van der Waals surface area contributed by atoms with Crippen LogP contribution in [0.15, 0.2) is 29.2 Å². The van der Waals surface area contributed by atoms with Crippen LogP contribution < -0.4 is 5.32 Å². The summed E-state index contributed by atoms with van der Waals surface area (Å²) in [5.41, 5.74) is 1.23. The molecule has 2 atom stereocenters. The number of methoxy groups -OCH3 is 1. The molecule has 0 radical (unpaired) electrons. The van der Waals surface area contributed by atoms with Gasteiger partial charge in [0.2, 0.25) is 0 Å². The Morgan fingerprint density at radius 2 is 1.95 bits per heavy atom. The molecule has 0 bridgehead atoms. The molecule has 0 aliphatic heterocycles. The van der Waals surface area contributed by atoms with E-state index in [9.17, 15) is 9.32 Å². The first-order valence-electron chi connectivity index (χ1n) is 6.90. The number of ether oxygens (including phenoxy) is 1. The number of nitrogens with one attached hydrogen (secondary N) is 1. The lowest BCUT2D eigenvalue weighted by atomic mass is 10.0. The summed E-state index contributed by atoms with van der Waals surface area (Å²) >= 11 is 0. The Kier molecular flexibility index (Phi) is 7.99. The Labute approximate surface area is 124 Å². The first-order valence-corrected chi connectivity index (χ1v) is 8.22. The van der Waals surface area contributed by atoms with Crippen molar-refractivity contribution in [3.05, 3.63) is 29.8 Å². The highest BCUT2D eigenvalue weighted by molar-refractivity contribution is 7.85. The summed E-state index contributed by atoms with van der Waals surface area (Å²) in [6.45, 7) is 5.97. The molecule has 1 aromatic rings. The van der Waals surface area contributed by atoms with Crippen molar-refractivity contribution in [2.75, 3.05) is 32.6 Å². The molecule has 1 aromatic carbocycles. The van der Waals surface area contributed by atoms with Crippen molar-refractivity contribution in [1.82, 2.24) is 5.32 Å². The third-order valence-electron chi connectivity index (χ3n) is 3.02. The van der Waals surface area contributed by atoms with Crippen molar-refractivity contribution < 1.29 is 14.1 Å². The summed E-state index contributed by atoms with van der Waals surface area (Å²) in [6.07, 6.45) is -0.613. The van der Waals surface area contributed by atoms with E-state index < -0.39 is 16.9 Å². The van der Waals surface area contributed by atoms with E-state index in [1.54, 1.807) is 7.11 Å². The van der Waals surface area contributed by atoms with Gasteiger partial charge in [0.25, 0.3) is 0 Å². The van der Waals surface area contributed by atoms with E-state index in [4.69, 9.17) is 4.74 Å². The number of aliphatic hydroxyl groups is 1. The largest absolute Gasteiger partial charge is 0.391 e. The summed E-state index contributed by atoms with van der Waals surface area (Å²) in [6, 6.07) is 7.77. The molecule has 2 N–H and O–H groups in total. The van der Waals surface area contributed by atoms with Crippen molar-refractivity contribution in [2.24, 2.45) is 0 Å². The van der Waals surface area contributed by atoms with E-state index in [1.165, 1.54) is 5.56 Å². The fourth-order valence-corrected chi connectivity index (χ4v) is 2.88. The fraction of sp³-hybridized carbons (Fsp3) is 0.600. The van der Waals surface area contributed by atoms with Gasteiger partial charge in [-0.15, -0.1) is 0 Å². The molecular weight excluding hydrogens is 274 g/mol. The normalized spacial score (nSPS) is 14.4. The number of benzene rings is 1. The van der Waals surface area contributed by atoms with Crippen LogP contribution in [0.1, 0.15) is 25.3 Å². The molecule has 4 nitrogen and oxygen atoms in total. The zero-order valence-corrected chi connectivity index (χ0v) is 13.3. The summed E-state index contributed by atoms with van der Waals surface area (Å²) < 4.78 is 17.0. The third kappa shape index (κ3) is 6.13. The van der Waals surface area contributed by atoms with Gasteiger partial charge in [0, 0.05) is 25.1 Å². The maximum Gasteiger partial charge on any atom is 0.0783 e. The second-order valence-electron chi connectivity index (χ2n) is 5.09. The van der Waals surface area contributed by atoms with Crippen molar-refractivity contribution in [1.29, 1.82) is 0 Å². The van der Waals surface area contributed by atoms with Crippen LogP contribution in [0.25, 0.3) is 0 Å². The first-order chi connectivity index (χ1) is 9.54. The summed E-state index contributed by atoms with van der Waals surface area (Å²) in [5, 5.41) is 12.9. The van der Waals surface area contributed by atoms with Crippen molar-refractivity contribution in [3.63, 3.8) is 0 Å². The van der Waals surface area contributed by atoms with Gasteiger partial charge >= 0.3 is 0 Å². The molecule has 0 aliphatic rings. The molecule has 0 fully saturated rings. The van der Waals surface area contributed by atoms with E-state index in [2.05, 4.69) is 19.2 Å². The van der Waals surface area contributed by atoms with Gasteiger partial charge in [0.1, 0.15) is 0 Å². The molecule has 0 saturated heterocycles. The van der Waals surface area contributed by atoms with Crippen molar-refractivity contribution in [3.8, 4) is 0 Å². The molecule has 0 spiro atoms. The van der Waals surface area contributed by atoms with Gasteiger partial charge in [-0.1, -0.05) is 26.0 Å². The van der Waals surface area contributed by atoms with E-state index in [0.29, 0.717) is 25.6 Å². The Balaban J connectivity index is 2.41.